The summed E-state index contributed by atoms with van der Waals surface area (Å²) in [4.78, 5) is 17.7. The van der Waals surface area contributed by atoms with Crippen LogP contribution in [0.15, 0.2) is 46.3 Å². The Morgan fingerprint density at radius 1 is 1.31 bits per heavy atom. The first-order valence-electron chi connectivity index (χ1n) is 8.88. The molecule has 0 fully saturated rings. The summed E-state index contributed by atoms with van der Waals surface area (Å²) in [6, 6.07) is 10.5. The van der Waals surface area contributed by atoms with Crippen molar-refractivity contribution in [1.82, 2.24) is 15.5 Å². The highest BCUT2D eigenvalue weighted by Gasteiger charge is 2.35. The first-order chi connectivity index (χ1) is 14.0. The minimum Gasteiger partial charge on any atom is -0.476 e. The Balaban J connectivity index is 1.46. The van der Waals surface area contributed by atoms with Crippen LogP contribution < -0.4 is 14.4 Å². The van der Waals surface area contributed by atoms with Crippen molar-refractivity contribution in [3.05, 3.63) is 47.7 Å². The van der Waals surface area contributed by atoms with Crippen molar-refractivity contribution in [2.75, 3.05) is 16.6 Å². The summed E-state index contributed by atoms with van der Waals surface area (Å²) in [6.45, 7) is 1.46. The third-order valence-electron chi connectivity index (χ3n) is 4.35. The predicted octanol–water partition coefficient (Wildman–Crippen LogP) is 2.03. The van der Waals surface area contributed by atoms with E-state index in [4.69, 9.17) is 9.26 Å². The van der Waals surface area contributed by atoms with E-state index < -0.39 is 22.0 Å². The third kappa shape index (κ3) is 3.96. The molecule has 152 valence electrons. The van der Waals surface area contributed by atoms with Crippen molar-refractivity contribution in [3.8, 4) is 16.5 Å². The molecule has 1 N–H and O–H groups in total. The molecule has 2 aromatic heterocycles. The lowest BCUT2D eigenvalue weighted by Gasteiger charge is -2.34. The number of hydrogen-bond donors (Lipinski definition) is 1. The molecular formula is C18H18N4O5S2. The summed E-state index contributed by atoms with van der Waals surface area (Å²) in [6.07, 6.45) is -0.995. The molecule has 3 heterocycles. The highest BCUT2D eigenvalue weighted by molar-refractivity contribution is 7.92. The maximum absolute atomic E-state index is 12.6. The van der Waals surface area contributed by atoms with Gasteiger partial charge in [0.25, 0.3) is 5.91 Å². The van der Waals surface area contributed by atoms with Gasteiger partial charge in [0.05, 0.1) is 29.4 Å². The number of aromatic nitrogens is 2. The molecule has 1 aliphatic rings. The largest absolute Gasteiger partial charge is 0.476 e. The van der Waals surface area contributed by atoms with Crippen LogP contribution in [0.4, 0.5) is 5.69 Å². The highest BCUT2D eigenvalue weighted by Crippen LogP contribution is 2.35. The van der Waals surface area contributed by atoms with Crippen LogP contribution in [0.25, 0.3) is 10.7 Å². The Labute approximate surface area is 171 Å². The Morgan fingerprint density at radius 3 is 2.90 bits per heavy atom. The number of benzene rings is 1. The van der Waals surface area contributed by atoms with Gasteiger partial charge in [0.2, 0.25) is 21.7 Å². The van der Waals surface area contributed by atoms with Crippen LogP contribution in [0.2, 0.25) is 0 Å². The number of sulfonamides is 1. The summed E-state index contributed by atoms with van der Waals surface area (Å²) in [5.41, 5.74) is 0.427. The molecule has 1 aliphatic heterocycles. The number of anilines is 1. The average molecular weight is 434 g/mol. The first kappa shape index (κ1) is 19.4. The second-order valence-electron chi connectivity index (χ2n) is 6.21. The van der Waals surface area contributed by atoms with E-state index in [0.29, 0.717) is 17.3 Å². The van der Waals surface area contributed by atoms with Gasteiger partial charge in [-0.2, -0.15) is 4.98 Å². The van der Waals surface area contributed by atoms with E-state index >= 15 is 0 Å². The minimum atomic E-state index is -3.56. The average Bonchev–Trinajstić information content (AvgIpc) is 3.42. The van der Waals surface area contributed by atoms with Gasteiger partial charge >= 0.3 is 0 Å². The standard InChI is InChI=1S/C18H18N4O5S2/c1-2-29(24,25)22-11-14(26-13-7-4-3-6-12(13)22)18(23)19-10-16-20-17(21-27-16)15-8-5-9-28-15/h3-9,14H,2,10-11H2,1H3,(H,19,23)/t14-/m1/s1. The van der Waals surface area contributed by atoms with Crippen molar-refractivity contribution < 1.29 is 22.5 Å². The molecule has 3 aromatic rings. The number of nitrogens with one attached hydrogen (secondary N) is 1. The van der Waals surface area contributed by atoms with Gasteiger partial charge in [0.15, 0.2) is 6.10 Å². The quantitative estimate of drug-likeness (QED) is 0.631. The normalized spacial score (nSPS) is 16.2. The number of hydrogen-bond acceptors (Lipinski definition) is 8. The van der Waals surface area contributed by atoms with Gasteiger partial charge in [-0.05, 0) is 30.5 Å². The van der Waals surface area contributed by atoms with Gasteiger partial charge in [-0.25, -0.2) is 8.42 Å². The number of carbonyl (C=O) groups excluding carboxylic acids is 1. The van der Waals surface area contributed by atoms with E-state index in [9.17, 15) is 13.2 Å². The van der Waals surface area contributed by atoms with E-state index in [0.717, 1.165) is 4.88 Å². The smallest absolute Gasteiger partial charge is 0.263 e. The predicted molar refractivity (Wildman–Crippen MR) is 107 cm³/mol. The van der Waals surface area contributed by atoms with Crippen molar-refractivity contribution in [3.63, 3.8) is 0 Å². The number of nitrogens with zero attached hydrogens (tertiary/aromatic N) is 3. The Bertz CT molecular complexity index is 1110. The maximum Gasteiger partial charge on any atom is 0.263 e. The summed E-state index contributed by atoms with van der Waals surface area (Å²) in [5.74, 6) is 0.493. The lowest BCUT2D eigenvalue weighted by Crippen LogP contribution is -2.50. The zero-order valence-electron chi connectivity index (χ0n) is 15.4. The number of carbonyl (C=O) groups is 1. The molecule has 0 aliphatic carbocycles. The SMILES string of the molecule is CCS(=O)(=O)N1C[C@H](C(=O)NCc2nc(-c3cccs3)no2)Oc2ccccc21. The van der Waals surface area contributed by atoms with Crippen molar-refractivity contribution in [2.24, 2.45) is 0 Å². The number of para-hydroxylation sites is 2. The molecule has 0 bridgehead atoms. The van der Waals surface area contributed by atoms with E-state index in [1.54, 1.807) is 31.2 Å². The van der Waals surface area contributed by atoms with Crippen molar-refractivity contribution >= 4 is 33.0 Å². The van der Waals surface area contributed by atoms with E-state index in [1.807, 2.05) is 17.5 Å². The van der Waals surface area contributed by atoms with Crippen LogP contribution in [0.5, 0.6) is 5.75 Å². The van der Waals surface area contributed by atoms with Crippen LogP contribution in [-0.4, -0.2) is 42.9 Å². The fourth-order valence-corrected chi connectivity index (χ4v) is 4.64. The van der Waals surface area contributed by atoms with Gasteiger partial charge in [-0.15, -0.1) is 11.3 Å². The van der Waals surface area contributed by atoms with Crippen LogP contribution in [0.1, 0.15) is 12.8 Å². The molecule has 29 heavy (non-hydrogen) atoms. The van der Waals surface area contributed by atoms with E-state index in [1.165, 1.54) is 15.6 Å². The van der Waals surface area contributed by atoms with Gasteiger partial charge < -0.3 is 14.6 Å². The zero-order chi connectivity index (χ0) is 20.4. The van der Waals surface area contributed by atoms with Gasteiger partial charge in [-0.3, -0.25) is 9.10 Å². The highest BCUT2D eigenvalue weighted by atomic mass is 32.2. The fraction of sp³-hybridized carbons (Fsp3) is 0.278. The summed E-state index contributed by atoms with van der Waals surface area (Å²) >= 11 is 1.48. The first-order valence-corrected chi connectivity index (χ1v) is 11.4. The molecule has 0 spiro atoms. The Morgan fingerprint density at radius 2 is 2.14 bits per heavy atom. The second kappa shape index (κ2) is 7.84. The molecule has 0 saturated heterocycles. The third-order valence-corrected chi connectivity index (χ3v) is 6.96. The van der Waals surface area contributed by atoms with Crippen LogP contribution in [0.3, 0.4) is 0 Å². The molecule has 0 radical (unpaired) electrons. The molecule has 1 atom stereocenters. The molecule has 1 aromatic carbocycles. The molecule has 1 amide bonds. The fourth-order valence-electron chi connectivity index (χ4n) is 2.87. The topological polar surface area (TPSA) is 115 Å². The van der Waals surface area contributed by atoms with Gasteiger partial charge in [0.1, 0.15) is 5.75 Å². The maximum atomic E-state index is 12.6. The second-order valence-corrected chi connectivity index (χ2v) is 9.34. The summed E-state index contributed by atoms with van der Waals surface area (Å²) < 4.78 is 37.1. The van der Waals surface area contributed by atoms with Crippen LogP contribution in [0, 0.1) is 0 Å². The number of ether oxygens (including phenoxy) is 1. The molecule has 4 rings (SSSR count). The summed E-state index contributed by atoms with van der Waals surface area (Å²) in [5, 5.41) is 8.46. The number of amides is 1. The summed E-state index contributed by atoms with van der Waals surface area (Å²) in [7, 11) is -3.56. The van der Waals surface area contributed by atoms with E-state index in [2.05, 4.69) is 15.5 Å². The Hall–Kier alpha value is -2.92. The number of rotatable bonds is 6. The van der Waals surface area contributed by atoms with Crippen LogP contribution >= 0.6 is 11.3 Å². The lowest BCUT2D eigenvalue weighted by atomic mass is 10.2. The molecule has 0 unspecified atom stereocenters. The minimum absolute atomic E-state index is 0.0131. The number of fused-ring (bicyclic) bond motifs is 1. The Kier molecular flexibility index (Phi) is 5.24. The van der Waals surface area contributed by atoms with Crippen molar-refractivity contribution in [1.29, 1.82) is 0 Å². The lowest BCUT2D eigenvalue weighted by molar-refractivity contribution is -0.128. The molecule has 0 saturated carbocycles. The van der Waals surface area contributed by atoms with Gasteiger partial charge in [0, 0.05) is 0 Å². The van der Waals surface area contributed by atoms with Crippen molar-refractivity contribution in [2.45, 2.75) is 19.6 Å². The van der Waals surface area contributed by atoms with Crippen LogP contribution in [-0.2, 0) is 21.4 Å². The van der Waals surface area contributed by atoms with Gasteiger partial charge in [-0.1, -0.05) is 23.4 Å². The number of thiophene rings is 1. The molecule has 11 heteroatoms. The van der Waals surface area contributed by atoms with E-state index in [-0.39, 0.29) is 24.7 Å². The zero-order valence-corrected chi connectivity index (χ0v) is 17.1. The molecular weight excluding hydrogens is 416 g/mol. The molecule has 9 nitrogen and oxygen atoms in total. The monoisotopic (exact) mass is 434 g/mol.